The topological polar surface area (TPSA) is 59.0 Å². The van der Waals surface area contributed by atoms with Crippen LogP contribution in [0.2, 0.25) is 0 Å². The minimum absolute atomic E-state index is 0.276. The zero-order valence-corrected chi connectivity index (χ0v) is 11.1. The van der Waals surface area contributed by atoms with Crippen molar-refractivity contribution in [2.75, 3.05) is 5.32 Å². The first-order valence-electron chi connectivity index (χ1n) is 6.45. The van der Waals surface area contributed by atoms with Crippen LogP contribution in [0, 0.1) is 5.82 Å². The molecule has 5 heteroatoms. The first kappa shape index (κ1) is 13.1. The fourth-order valence-electron chi connectivity index (χ4n) is 1.97. The quantitative estimate of drug-likeness (QED) is 0.713. The molecule has 0 spiro atoms. The second-order valence-corrected chi connectivity index (χ2v) is 4.54. The number of hydrogen-bond donors (Lipinski definition) is 2. The lowest BCUT2D eigenvalue weighted by atomic mass is 10.2. The predicted molar refractivity (Wildman–Crippen MR) is 78.9 cm³/mol. The summed E-state index contributed by atoms with van der Waals surface area (Å²) in [5.74, 6) is -0.0589. The van der Waals surface area contributed by atoms with E-state index in [4.69, 9.17) is 0 Å². The van der Waals surface area contributed by atoms with Crippen molar-refractivity contribution in [1.82, 2.24) is 4.98 Å². The minimum atomic E-state index is -0.302. The summed E-state index contributed by atoms with van der Waals surface area (Å²) in [5, 5.41) is 2.70. The summed E-state index contributed by atoms with van der Waals surface area (Å²) in [6.07, 6.45) is 3.02. The molecule has 3 rings (SSSR count). The molecular formula is C16H13FN3O+. The summed E-state index contributed by atoms with van der Waals surface area (Å²) in [6.45, 7) is 0. The number of aromatic nitrogens is 2. The number of amides is 1. The van der Waals surface area contributed by atoms with Gasteiger partial charge in [0, 0.05) is 6.08 Å². The number of imidazole rings is 1. The van der Waals surface area contributed by atoms with Crippen LogP contribution < -0.4 is 10.3 Å². The highest BCUT2D eigenvalue weighted by Gasteiger charge is 2.10. The Morgan fingerprint density at radius 3 is 2.67 bits per heavy atom. The lowest BCUT2D eigenvalue weighted by molar-refractivity contribution is -0.326. The fraction of sp³-hybridized carbons (Fsp3) is 0. The molecule has 104 valence electrons. The summed E-state index contributed by atoms with van der Waals surface area (Å²) in [5.41, 5.74) is 2.58. The number of aromatic amines is 2. The second kappa shape index (κ2) is 5.58. The normalized spacial score (nSPS) is 11.1. The molecule has 4 nitrogen and oxygen atoms in total. The van der Waals surface area contributed by atoms with E-state index in [0.29, 0.717) is 5.95 Å². The molecule has 0 bridgehead atoms. The zero-order valence-electron chi connectivity index (χ0n) is 11.1. The van der Waals surface area contributed by atoms with Crippen LogP contribution in [-0.2, 0) is 4.79 Å². The Labute approximate surface area is 120 Å². The molecule has 0 fully saturated rings. The van der Waals surface area contributed by atoms with Crippen molar-refractivity contribution in [2.24, 2.45) is 0 Å². The summed E-state index contributed by atoms with van der Waals surface area (Å²) in [4.78, 5) is 17.9. The van der Waals surface area contributed by atoms with E-state index >= 15 is 0 Å². The SMILES string of the molecule is O=C(C=Cc1ccc(F)cc1)Nc1[nH]c2ccccc2[nH+]1. The van der Waals surface area contributed by atoms with E-state index in [1.165, 1.54) is 18.2 Å². The standard InChI is InChI=1S/C16H12FN3O/c17-12-8-5-11(6-9-12)7-10-15(21)20-16-18-13-3-1-2-4-14(13)19-16/h1-10H,(H2,18,19,20,21)/p+1. The molecule has 1 heterocycles. The van der Waals surface area contributed by atoms with Crippen LogP contribution in [0.15, 0.2) is 54.6 Å². The average Bonchev–Trinajstić information content (AvgIpc) is 2.88. The van der Waals surface area contributed by atoms with Crippen molar-refractivity contribution < 1.29 is 14.2 Å². The van der Waals surface area contributed by atoms with Crippen molar-refractivity contribution in [3.8, 4) is 0 Å². The van der Waals surface area contributed by atoms with Crippen molar-refractivity contribution in [1.29, 1.82) is 0 Å². The maximum absolute atomic E-state index is 12.8. The van der Waals surface area contributed by atoms with Crippen molar-refractivity contribution in [3.63, 3.8) is 0 Å². The highest BCUT2D eigenvalue weighted by molar-refractivity contribution is 6.00. The third kappa shape index (κ3) is 3.14. The van der Waals surface area contributed by atoms with Crippen LogP contribution in [0.3, 0.4) is 0 Å². The van der Waals surface area contributed by atoms with Gasteiger partial charge in [-0.3, -0.25) is 4.79 Å². The molecule has 0 radical (unpaired) electrons. The number of nitrogens with one attached hydrogen (secondary N) is 3. The third-order valence-corrected chi connectivity index (χ3v) is 2.99. The maximum Gasteiger partial charge on any atom is 0.361 e. The van der Waals surface area contributed by atoms with Crippen LogP contribution in [0.4, 0.5) is 10.3 Å². The predicted octanol–water partition coefficient (Wildman–Crippen LogP) is 2.77. The Morgan fingerprint density at radius 1 is 1.14 bits per heavy atom. The molecule has 3 aromatic rings. The van der Waals surface area contributed by atoms with E-state index in [9.17, 15) is 9.18 Å². The molecular weight excluding hydrogens is 269 g/mol. The minimum Gasteiger partial charge on any atom is -0.251 e. The van der Waals surface area contributed by atoms with E-state index in [0.717, 1.165) is 16.6 Å². The van der Waals surface area contributed by atoms with Gasteiger partial charge in [0.15, 0.2) is 0 Å². The van der Waals surface area contributed by atoms with Gasteiger partial charge in [0.1, 0.15) is 16.9 Å². The van der Waals surface area contributed by atoms with Gasteiger partial charge >= 0.3 is 11.9 Å². The van der Waals surface area contributed by atoms with Gasteiger partial charge in [-0.25, -0.2) is 19.7 Å². The Morgan fingerprint density at radius 2 is 1.90 bits per heavy atom. The van der Waals surface area contributed by atoms with E-state index in [2.05, 4.69) is 15.3 Å². The van der Waals surface area contributed by atoms with E-state index in [1.54, 1.807) is 18.2 Å². The summed E-state index contributed by atoms with van der Waals surface area (Å²) < 4.78 is 12.8. The molecule has 0 unspecified atom stereocenters. The van der Waals surface area contributed by atoms with Crippen LogP contribution >= 0.6 is 0 Å². The lowest BCUT2D eigenvalue weighted by Crippen LogP contribution is -2.15. The van der Waals surface area contributed by atoms with E-state index in [-0.39, 0.29) is 11.7 Å². The average molecular weight is 282 g/mol. The second-order valence-electron chi connectivity index (χ2n) is 4.54. The van der Waals surface area contributed by atoms with Gasteiger partial charge in [0.05, 0.1) is 0 Å². The molecule has 0 saturated heterocycles. The maximum atomic E-state index is 12.8. The van der Waals surface area contributed by atoms with Gasteiger partial charge < -0.3 is 0 Å². The van der Waals surface area contributed by atoms with Crippen molar-refractivity contribution in [3.05, 3.63) is 66.0 Å². The summed E-state index contributed by atoms with van der Waals surface area (Å²) in [6, 6.07) is 13.6. The largest absolute Gasteiger partial charge is 0.361 e. The first-order chi connectivity index (χ1) is 10.2. The first-order valence-corrected chi connectivity index (χ1v) is 6.45. The monoisotopic (exact) mass is 282 g/mol. The molecule has 1 amide bonds. The molecule has 0 aliphatic rings. The number of carbonyl (C=O) groups is 1. The van der Waals surface area contributed by atoms with Crippen molar-refractivity contribution in [2.45, 2.75) is 0 Å². The van der Waals surface area contributed by atoms with Crippen LogP contribution in [0.25, 0.3) is 17.1 Å². The number of rotatable bonds is 3. The van der Waals surface area contributed by atoms with E-state index < -0.39 is 0 Å². The highest BCUT2D eigenvalue weighted by atomic mass is 19.1. The van der Waals surface area contributed by atoms with Gasteiger partial charge in [-0.05, 0) is 35.9 Å². The Balaban J connectivity index is 1.69. The van der Waals surface area contributed by atoms with Crippen molar-refractivity contribution >= 4 is 29.0 Å². The Hall–Kier alpha value is -2.95. The summed E-state index contributed by atoms with van der Waals surface area (Å²) in [7, 11) is 0. The number of H-pyrrole nitrogens is 2. The molecule has 0 saturated carbocycles. The smallest absolute Gasteiger partial charge is 0.251 e. The molecule has 2 aromatic carbocycles. The molecule has 1 aromatic heterocycles. The lowest BCUT2D eigenvalue weighted by Gasteiger charge is -1.92. The number of carbonyl (C=O) groups excluding carboxylic acids is 1. The Bertz CT molecular complexity index is 773. The fourth-order valence-corrected chi connectivity index (χ4v) is 1.97. The summed E-state index contributed by atoms with van der Waals surface area (Å²) >= 11 is 0. The van der Waals surface area contributed by atoms with Crippen LogP contribution in [0.5, 0.6) is 0 Å². The molecule has 21 heavy (non-hydrogen) atoms. The number of fused-ring (bicyclic) bond motifs is 1. The van der Waals surface area contributed by atoms with Crippen LogP contribution in [0.1, 0.15) is 5.56 Å². The third-order valence-electron chi connectivity index (χ3n) is 2.99. The number of anilines is 1. The molecule has 3 N–H and O–H groups in total. The van der Waals surface area contributed by atoms with Gasteiger partial charge in [-0.2, -0.15) is 0 Å². The number of para-hydroxylation sites is 2. The zero-order chi connectivity index (χ0) is 14.7. The molecule has 0 atom stereocenters. The molecule has 0 aliphatic heterocycles. The van der Waals surface area contributed by atoms with Gasteiger partial charge in [0.25, 0.3) is 0 Å². The Kier molecular flexibility index (Phi) is 3.47. The number of hydrogen-bond acceptors (Lipinski definition) is 1. The highest BCUT2D eigenvalue weighted by Crippen LogP contribution is 2.09. The molecule has 0 aliphatic carbocycles. The van der Waals surface area contributed by atoms with Crippen LogP contribution in [-0.4, -0.2) is 10.9 Å². The van der Waals surface area contributed by atoms with Gasteiger partial charge in [0.2, 0.25) is 0 Å². The van der Waals surface area contributed by atoms with E-state index in [1.807, 2.05) is 24.3 Å². The van der Waals surface area contributed by atoms with Gasteiger partial charge in [-0.1, -0.05) is 24.3 Å². The van der Waals surface area contributed by atoms with Gasteiger partial charge in [-0.15, -0.1) is 0 Å². The number of halogens is 1. The number of benzene rings is 2.